The van der Waals surface area contributed by atoms with E-state index in [1.165, 1.54) is 0 Å². The quantitative estimate of drug-likeness (QED) is 0.753. The van der Waals surface area contributed by atoms with Crippen molar-refractivity contribution in [3.8, 4) is 0 Å². The standard InChI is InChI=1S/C15H18ClN3O3/c1-4-22-14(20)13-12(19-15(21)17-8(2)3)10-7-9(16)5-6-11(10)18-13/h5-8,18H,4H2,1-3H3,(H2,17,19,21). The number of amides is 2. The summed E-state index contributed by atoms with van der Waals surface area (Å²) in [6.45, 7) is 5.65. The maximum atomic E-state index is 12.1. The normalized spacial score (nSPS) is 10.8. The Morgan fingerprint density at radius 1 is 1.36 bits per heavy atom. The Morgan fingerprint density at radius 3 is 2.73 bits per heavy atom. The van der Waals surface area contributed by atoms with E-state index in [0.29, 0.717) is 21.6 Å². The highest BCUT2D eigenvalue weighted by atomic mass is 35.5. The molecule has 0 bridgehead atoms. The lowest BCUT2D eigenvalue weighted by atomic mass is 10.2. The van der Waals surface area contributed by atoms with Gasteiger partial charge in [0, 0.05) is 22.0 Å². The van der Waals surface area contributed by atoms with Crippen molar-refractivity contribution in [3.05, 3.63) is 28.9 Å². The van der Waals surface area contributed by atoms with Crippen molar-refractivity contribution in [3.63, 3.8) is 0 Å². The molecule has 0 saturated carbocycles. The molecular formula is C15H18ClN3O3. The summed E-state index contributed by atoms with van der Waals surface area (Å²) in [5.41, 5.74) is 1.24. The van der Waals surface area contributed by atoms with E-state index in [1.807, 2.05) is 13.8 Å². The molecule has 2 aromatic rings. The van der Waals surface area contributed by atoms with Crippen LogP contribution < -0.4 is 10.6 Å². The molecule has 0 unspecified atom stereocenters. The number of hydrogen-bond donors (Lipinski definition) is 3. The number of ether oxygens (including phenoxy) is 1. The molecule has 22 heavy (non-hydrogen) atoms. The van der Waals surface area contributed by atoms with Crippen LogP contribution in [-0.2, 0) is 4.74 Å². The number of anilines is 1. The van der Waals surface area contributed by atoms with Gasteiger partial charge in [-0.3, -0.25) is 0 Å². The van der Waals surface area contributed by atoms with Crippen molar-refractivity contribution in [1.29, 1.82) is 0 Å². The number of aromatic amines is 1. The molecule has 0 fully saturated rings. The number of H-pyrrole nitrogens is 1. The van der Waals surface area contributed by atoms with Crippen molar-refractivity contribution >= 4 is 40.2 Å². The van der Waals surface area contributed by atoms with E-state index < -0.39 is 12.0 Å². The summed E-state index contributed by atoms with van der Waals surface area (Å²) in [5.74, 6) is -0.533. The molecule has 1 aromatic heterocycles. The molecule has 2 rings (SSSR count). The lowest BCUT2D eigenvalue weighted by molar-refractivity contribution is 0.0522. The molecule has 6 nitrogen and oxygen atoms in total. The SMILES string of the molecule is CCOC(=O)c1[nH]c2ccc(Cl)cc2c1NC(=O)NC(C)C. The van der Waals surface area contributed by atoms with Crippen LogP contribution in [0, 0.1) is 0 Å². The summed E-state index contributed by atoms with van der Waals surface area (Å²) in [7, 11) is 0. The summed E-state index contributed by atoms with van der Waals surface area (Å²) in [5, 5.41) is 6.56. The van der Waals surface area contributed by atoms with Gasteiger partial charge in [-0.05, 0) is 39.0 Å². The maximum Gasteiger partial charge on any atom is 0.356 e. The molecule has 0 aliphatic carbocycles. The molecule has 0 aliphatic heterocycles. The molecule has 1 aromatic carbocycles. The Balaban J connectivity index is 2.46. The number of carbonyl (C=O) groups excluding carboxylic acids is 2. The first-order valence-corrected chi connectivity index (χ1v) is 7.36. The third kappa shape index (κ3) is 3.51. The third-order valence-electron chi connectivity index (χ3n) is 2.90. The van der Waals surface area contributed by atoms with Gasteiger partial charge in [0.15, 0.2) is 0 Å². The van der Waals surface area contributed by atoms with Gasteiger partial charge in [-0.15, -0.1) is 0 Å². The fourth-order valence-corrected chi connectivity index (χ4v) is 2.23. The van der Waals surface area contributed by atoms with E-state index in [2.05, 4.69) is 15.6 Å². The number of rotatable bonds is 4. The summed E-state index contributed by atoms with van der Waals surface area (Å²) < 4.78 is 5.02. The zero-order valence-electron chi connectivity index (χ0n) is 12.6. The topological polar surface area (TPSA) is 83.2 Å². The lowest BCUT2D eigenvalue weighted by Gasteiger charge is -2.11. The highest BCUT2D eigenvalue weighted by molar-refractivity contribution is 6.31. The molecule has 3 N–H and O–H groups in total. The van der Waals surface area contributed by atoms with E-state index in [-0.39, 0.29) is 18.3 Å². The number of fused-ring (bicyclic) bond motifs is 1. The minimum atomic E-state index is -0.533. The van der Waals surface area contributed by atoms with Gasteiger partial charge in [0.05, 0.1) is 12.3 Å². The van der Waals surface area contributed by atoms with Crippen LogP contribution in [0.2, 0.25) is 5.02 Å². The first-order chi connectivity index (χ1) is 10.4. The highest BCUT2D eigenvalue weighted by Crippen LogP contribution is 2.30. The Bertz CT molecular complexity index is 709. The van der Waals surface area contributed by atoms with Gasteiger partial charge < -0.3 is 20.4 Å². The van der Waals surface area contributed by atoms with E-state index in [4.69, 9.17) is 16.3 Å². The van der Waals surface area contributed by atoms with Crippen LogP contribution in [0.15, 0.2) is 18.2 Å². The average molecular weight is 324 g/mol. The fraction of sp³-hybridized carbons (Fsp3) is 0.333. The summed E-state index contributed by atoms with van der Waals surface area (Å²) in [4.78, 5) is 27.0. The van der Waals surface area contributed by atoms with Crippen molar-refractivity contribution in [2.24, 2.45) is 0 Å². The Morgan fingerprint density at radius 2 is 2.09 bits per heavy atom. The largest absolute Gasteiger partial charge is 0.461 e. The van der Waals surface area contributed by atoms with E-state index >= 15 is 0 Å². The Kier molecular flexibility index (Phi) is 4.92. The molecule has 0 spiro atoms. The number of halogens is 1. The minimum Gasteiger partial charge on any atom is -0.461 e. The fourth-order valence-electron chi connectivity index (χ4n) is 2.06. The van der Waals surface area contributed by atoms with E-state index in [9.17, 15) is 9.59 Å². The number of nitrogens with one attached hydrogen (secondary N) is 3. The molecule has 2 amide bonds. The summed E-state index contributed by atoms with van der Waals surface area (Å²) >= 11 is 6.00. The van der Waals surface area contributed by atoms with Gasteiger partial charge >= 0.3 is 12.0 Å². The molecule has 0 aliphatic rings. The maximum absolute atomic E-state index is 12.1. The minimum absolute atomic E-state index is 0.0279. The number of urea groups is 1. The first kappa shape index (κ1) is 16.2. The number of aromatic nitrogens is 1. The molecule has 0 radical (unpaired) electrons. The summed E-state index contributed by atoms with van der Waals surface area (Å²) in [6.07, 6.45) is 0. The molecule has 1 heterocycles. The van der Waals surface area contributed by atoms with Gasteiger partial charge in [0.25, 0.3) is 0 Å². The first-order valence-electron chi connectivity index (χ1n) is 6.98. The van der Waals surface area contributed by atoms with Crippen molar-refractivity contribution in [2.75, 3.05) is 11.9 Å². The molecule has 0 atom stereocenters. The number of benzene rings is 1. The van der Waals surface area contributed by atoms with Gasteiger partial charge in [0.2, 0.25) is 0 Å². The second-order valence-corrected chi connectivity index (χ2v) is 5.47. The van der Waals surface area contributed by atoms with Crippen LogP contribution in [-0.4, -0.2) is 29.6 Å². The summed E-state index contributed by atoms with van der Waals surface area (Å²) in [6, 6.07) is 4.70. The monoisotopic (exact) mass is 323 g/mol. The van der Waals surface area contributed by atoms with Crippen molar-refractivity contribution < 1.29 is 14.3 Å². The van der Waals surface area contributed by atoms with Crippen molar-refractivity contribution in [2.45, 2.75) is 26.8 Å². The molecule has 118 valence electrons. The van der Waals surface area contributed by atoms with E-state index in [1.54, 1.807) is 25.1 Å². The Labute approximate surface area is 133 Å². The van der Waals surface area contributed by atoms with Crippen LogP contribution >= 0.6 is 11.6 Å². The molecular weight excluding hydrogens is 306 g/mol. The van der Waals surface area contributed by atoms with Gasteiger partial charge in [-0.25, -0.2) is 9.59 Å². The van der Waals surface area contributed by atoms with Crippen LogP contribution in [0.3, 0.4) is 0 Å². The smallest absolute Gasteiger partial charge is 0.356 e. The zero-order valence-corrected chi connectivity index (χ0v) is 13.4. The lowest BCUT2D eigenvalue weighted by Crippen LogP contribution is -2.34. The van der Waals surface area contributed by atoms with Crippen LogP contribution in [0.4, 0.5) is 10.5 Å². The third-order valence-corrected chi connectivity index (χ3v) is 3.13. The Hall–Kier alpha value is -2.21. The van der Waals surface area contributed by atoms with Crippen molar-refractivity contribution in [1.82, 2.24) is 10.3 Å². The zero-order chi connectivity index (χ0) is 16.3. The molecule has 7 heteroatoms. The second-order valence-electron chi connectivity index (χ2n) is 5.04. The number of hydrogen-bond acceptors (Lipinski definition) is 3. The second kappa shape index (κ2) is 6.70. The van der Waals surface area contributed by atoms with Crippen LogP contribution in [0.5, 0.6) is 0 Å². The molecule has 0 saturated heterocycles. The number of carbonyl (C=O) groups is 2. The highest BCUT2D eigenvalue weighted by Gasteiger charge is 2.21. The van der Waals surface area contributed by atoms with Gasteiger partial charge in [-0.1, -0.05) is 11.6 Å². The average Bonchev–Trinajstić information content (AvgIpc) is 2.76. The van der Waals surface area contributed by atoms with Gasteiger partial charge in [0.1, 0.15) is 5.69 Å². The predicted molar refractivity (Wildman–Crippen MR) is 86.6 cm³/mol. The predicted octanol–water partition coefficient (Wildman–Crippen LogP) is 3.53. The number of esters is 1. The van der Waals surface area contributed by atoms with E-state index in [0.717, 1.165) is 0 Å². The van der Waals surface area contributed by atoms with Gasteiger partial charge in [-0.2, -0.15) is 0 Å². The van der Waals surface area contributed by atoms with Crippen LogP contribution in [0.25, 0.3) is 10.9 Å². The van der Waals surface area contributed by atoms with Crippen LogP contribution in [0.1, 0.15) is 31.3 Å².